The number of rotatable bonds is 6. The number of nitrogens with one attached hydrogen (secondary N) is 1. The van der Waals surface area contributed by atoms with Gasteiger partial charge in [0.25, 0.3) is 5.91 Å². The minimum absolute atomic E-state index is 0.00277. The van der Waals surface area contributed by atoms with Gasteiger partial charge in [-0.25, -0.2) is 4.68 Å². The molecule has 1 aromatic carbocycles. The lowest BCUT2D eigenvalue weighted by Crippen LogP contribution is -2.38. The Kier molecular flexibility index (Phi) is 6.04. The van der Waals surface area contributed by atoms with Crippen LogP contribution in [0.2, 0.25) is 0 Å². The van der Waals surface area contributed by atoms with Crippen molar-refractivity contribution >= 4 is 5.91 Å². The van der Waals surface area contributed by atoms with Crippen molar-refractivity contribution in [2.75, 3.05) is 13.6 Å². The van der Waals surface area contributed by atoms with Crippen molar-refractivity contribution in [1.82, 2.24) is 25.2 Å². The minimum Gasteiger partial charge on any atom is -0.349 e. The zero-order valence-electron chi connectivity index (χ0n) is 16.0. The maximum atomic E-state index is 12.6. The number of amides is 1. The predicted molar refractivity (Wildman–Crippen MR) is 102 cm³/mol. The van der Waals surface area contributed by atoms with Crippen LogP contribution in [0.15, 0.2) is 30.5 Å². The molecule has 0 saturated heterocycles. The Hall–Kier alpha value is -2.21. The van der Waals surface area contributed by atoms with Crippen LogP contribution in [0.5, 0.6) is 0 Å². The van der Waals surface area contributed by atoms with E-state index in [9.17, 15) is 4.79 Å². The number of carbonyl (C=O) groups is 1. The topological polar surface area (TPSA) is 63.1 Å². The molecule has 1 saturated carbocycles. The molecular formula is C20H29N5O. The van der Waals surface area contributed by atoms with Gasteiger partial charge in [-0.05, 0) is 50.6 Å². The van der Waals surface area contributed by atoms with Crippen LogP contribution in [0.25, 0.3) is 5.69 Å². The summed E-state index contributed by atoms with van der Waals surface area (Å²) in [6.45, 7) is 6.09. The molecule has 1 fully saturated rings. The SMILES string of the molecule is CCN(C)Cc1cn(-c2cccc(C(=O)NC3CCCC(C)C3)c2)nn1. The van der Waals surface area contributed by atoms with E-state index in [0.717, 1.165) is 37.3 Å². The van der Waals surface area contributed by atoms with E-state index in [1.807, 2.05) is 30.5 Å². The molecular weight excluding hydrogens is 326 g/mol. The monoisotopic (exact) mass is 355 g/mol. The van der Waals surface area contributed by atoms with Crippen molar-refractivity contribution in [3.05, 3.63) is 41.7 Å². The van der Waals surface area contributed by atoms with Gasteiger partial charge in [0.1, 0.15) is 0 Å². The molecule has 1 aliphatic rings. The van der Waals surface area contributed by atoms with E-state index >= 15 is 0 Å². The van der Waals surface area contributed by atoms with Gasteiger partial charge in [-0.2, -0.15) is 0 Å². The van der Waals surface area contributed by atoms with Crippen molar-refractivity contribution in [1.29, 1.82) is 0 Å². The third-order valence-electron chi connectivity index (χ3n) is 5.16. The fraction of sp³-hybridized carbons (Fsp3) is 0.550. The first-order chi connectivity index (χ1) is 12.5. The van der Waals surface area contributed by atoms with E-state index in [4.69, 9.17) is 0 Å². The van der Waals surface area contributed by atoms with Crippen LogP contribution in [0, 0.1) is 5.92 Å². The highest BCUT2D eigenvalue weighted by Gasteiger charge is 2.21. The Morgan fingerprint density at radius 2 is 2.23 bits per heavy atom. The zero-order valence-corrected chi connectivity index (χ0v) is 16.0. The number of hydrogen-bond donors (Lipinski definition) is 1. The summed E-state index contributed by atoms with van der Waals surface area (Å²) in [5.74, 6) is 0.687. The largest absolute Gasteiger partial charge is 0.349 e. The van der Waals surface area contributed by atoms with Crippen molar-refractivity contribution < 1.29 is 4.79 Å². The van der Waals surface area contributed by atoms with Gasteiger partial charge in [0.2, 0.25) is 0 Å². The van der Waals surface area contributed by atoms with Gasteiger partial charge in [-0.3, -0.25) is 4.79 Å². The van der Waals surface area contributed by atoms with Crippen LogP contribution in [0.1, 0.15) is 55.6 Å². The maximum Gasteiger partial charge on any atom is 0.251 e. The summed E-state index contributed by atoms with van der Waals surface area (Å²) < 4.78 is 1.73. The molecule has 1 aliphatic carbocycles. The molecule has 2 unspecified atom stereocenters. The van der Waals surface area contributed by atoms with Gasteiger partial charge in [0.15, 0.2) is 0 Å². The van der Waals surface area contributed by atoms with Crippen molar-refractivity contribution in [2.45, 2.75) is 52.1 Å². The number of hydrogen-bond acceptors (Lipinski definition) is 4. The van der Waals surface area contributed by atoms with E-state index < -0.39 is 0 Å². The number of nitrogens with zero attached hydrogens (tertiary/aromatic N) is 4. The van der Waals surface area contributed by atoms with Crippen molar-refractivity contribution in [3.8, 4) is 5.69 Å². The number of aromatic nitrogens is 3. The van der Waals surface area contributed by atoms with Crippen LogP contribution in [-0.4, -0.2) is 45.4 Å². The third-order valence-corrected chi connectivity index (χ3v) is 5.16. The molecule has 26 heavy (non-hydrogen) atoms. The van der Waals surface area contributed by atoms with Gasteiger partial charge in [0.05, 0.1) is 17.6 Å². The van der Waals surface area contributed by atoms with Crippen LogP contribution in [0.3, 0.4) is 0 Å². The Morgan fingerprint density at radius 1 is 1.38 bits per heavy atom. The summed E-state index contributed by atoms with van der Waals surface area (Å²) in [5.41, 5.74) is 2.44. The van der Waals surface area contributed by atoms with Crippen LogP contribution in [0.4, 0.5) is 0 Å². The highest BCUT2D eigenvalue weighted by molar-refractivity contribution is 5.94. The Morgan fingerprint density at radius 3 is 3.00 bits per heavy atom. The van der Waals surface area contributed by atoms with Crippen molar-refractivity contribution in [2.24, 2.45) is 5.92 Å². The Labute approximate surface area is 155 Å². The molecule has 1 N–H and O–H groups in total. The molecule has 6 heteroatoms. The molecule has 0 spiro atoms. The summed E-state index contributed by atoms with van der Waals surface area (Å²) in [6.07, 6.45) is 6.53. The van der Waals surface area contributed by atoms with E-state index in [1.54, 1.807) is 4.68 Å². The maximum absolute atomic E-state index is 12.6. The van der Waals surface area contributed by atoms with Crippen LogP contribution in [-0.2, 0) is 6.54 Å². The first kappa shape index (κ1) is 18.6. The molecule has 2 aromatic rings. The fourth-order valence-electron chi connectivity index (χ4n) is 3.51. The second-order valence-corrected chi connectivity index (χ2v) is 7.48. The molecule has 6 nitrogen and oxygen atoms in total. The Bertz CT molecular complexity index is 741. The molecule has 140 valence electrons. The molecule has 0 aliphatic heterocycles. The summed E-state index contributed by atoms with van der Waals surface area (Å²) in [4.78, 5) is 14.8. The molecule has 0 bridgehead atoms. The first-order valence-corrected chi connectivity index (χ1v) is 9.56. The minimum atomic E-state index is -0.00277. The van der Waals surface area contributed by atoms with Gasteiger partial charge in [-0.15, -0.1) is 5.10 Å². The molecule has 0 radical (unpaired) electrons. The summed E-state index contributed by atoms with van der Waals surface area (Å²) in [5, 5.41) is 11.6. The molecule has 1 aromatic heterocycles. The second-order valence-electron chi connectivity index (χ2n) is 7.48. The standard InChI is InChI=1S/C20H29N5O/c1-4-24(3)13-18-14-25(23-22-18)19-10-6-8-16(12-19)20(26)21-17-9-5-7-15(2)11-17/h6,8,10,12,14-15,17H,4-5,7,9,11,13H2,1-3H3,(H,21,26). The zero-order chi connectivity index (χ0) is 18.5. The van der Waals surface area contributed by atoms with E-state index in [0.29, 0.717) is 11.5 Å². The summed E-state index contributed by atoms with van der Waals surface area (Å²) >= 11 is 0. The quantitative estimate of drug-likeness (QED) is 0.865. The van der Waals surface area contributed by atoms with Crippen molar-refractivity contribution in [3.63, 3.8) is 0 Å². The average molecular weight is 355 g/mol. The highest BCUT2D eigenvalue weighted by Crippen LogP contribution is 2.23. The van der Waals surface area contributed by atoms with Gasteiger partial charge in [-0.1, -0.05) is 38.0 Å². The number of carbonyl (C=O) groups excluding carboxylic acids is 1. The van der Waals surface area contributed by atoms with E-state index in [2.05, 4.69) is 41.4 Å². The Balaban J connectivity index is 1.68. The fourth-order valence-corrected chi connectivity index (χ4v) is 3.51. The van der Waals surface area contributed by atoms with Crippen LogP contribution >= 0.6 is 0 Å². The molecule has 3 rings (SSSR count). The molecule has 1 amide bonds. The first-order valence-electron chi connectivity index (χ1n) is 9.56. The molecule has 1 heterocycles. The predicted octanol–water partition coefficient (Wildman–Crippen LogP) is 3.03. The van der Waals surface area contributed by atoms with Crippen LogP contribution < -0.4 is 5.32 Å². The van der Waals surface area contributed by atoms with Gasteiger partial charge < -0.3 is 10.2 Å². The van der Waals surface area contributed by atoms with Gasteiger partial charge >= 0.3 is 0 Å². The average Bonchev–Trinajstić information content (AvgIpc) is 3.10. The normalized spacial score (nSPS) is 20.3. The highest BCUT2D eigenvalue weighted by atomic mass is 16.1. The lowest BCUT2D eigenvalue weighted by Gasteiger charge is -2.27. The van der Waals surface area contributed by atoms with E-state index in [-0.39, 0.29) is 11.9 Å². The number of benzene rings is 1. The lowest BCUT2D eigenvalue weighted by molar-refractivity contribution is 0.0921. The molecule has 2 atom stereocenters. The smallest absolute Gasteiger partial charge is 0.251 e. The van der Waals surface area contributed by atoms with Gasteiger partial charge in [0, 0.05) is 18.2 Å². The second kappa shape index (κ2) is 8.45. The lowest BCUT2D eigenvalue weighted by atomic mass is 9.87. The summed E-state index contributed by atoms with van der Waals surface area (Å²) in [6, 6.07) is 7.86. The summed E-state index contributed by atoms with van der Waals surface area (Å²) in [7, 11) is 2.05. The van der Waals surface area contributed by atoms with E-state index in [1.165, 1.54) is 12.8 Å². The third kappa shape index (κ3) is 4.69.